The molecule has 0 saturated heterocycles. The van der Waals surface area contributed by atoms with Crippen LogP contribution in [0.2, 0.25) is 0 Å². The number of carboxylic acids is 1. The normalized spacial score (nSPS) is 11.5. The summed E-state index contributed by atoms with van der Waals surface area (Å²) in [5.41, 5.74) is 1.30. The van der Waals surface area contributed by atoms with Crippen LogP contribution >= 0.6 is 0 Å². The number of hydrogen-bond acceptors (Lipinski definition) is 1. The van der Waals surface area contributed by atoms with Crippen LogP contribution < -0.4 is 0 Å². The zero-order valence-electron chi connectivity index (χ0n) is 8.53. The predicted octanol–water partition coefficient (Wildman–Crippen LogP) is 3.09. The maximum Gasteiger partial charge on any atom is 0.303 e. The summed E-state index contributed by atoms with van der Waals surface area (Å²) in [6, 6.07) is 6.46. The van der Waals surface area contributed by atoms with Gasteiger partial charge in [-0.2, -0.15) is 0 Å². The highest BCUT2D eigenvalue weighted by Gasteiger charge is 2.02. The second-order valence-electron chi connectivity index (χ2n) is 3.30. The van der Waals surface area contributed by atoms with Crippen molar-refractivity contribution in [3.8, 4) is 0 Å². The lowest BCUT2D eigenvalue weighted by Gasteiger charge is -2.02. The SMILES string of the molecule is C/C(=C\CCC(=O)O)c1ccccc1F. The van der Waals surface area contributed by atoms with Crippen molar-refractivity contribution in [1.82, 2.24) is 0 Å². The molecule has 0 atom stereocenters. The van der Waals surface area contributed by atoms with Crippen LogP contribution in [0, 0.1) is 5.82 Å². The van der Waals surface area contributed by atoms with Gasteiger partial charge in [-0.1, -0.05) is 24.3 Å². The fourth-order valence-electron chi connectivity index (χ4n) is 1.30. The van der Waals surface area contributed by atoms with Crippen molar-refractivity contribution in [3.05, 3.63) is 41.7 Å². The molecule has 15 heavy (non-hydrogen) atoms. The maximum absolute atomic E-state index is 13.3. The summed E-state index contributed by atoms with van der Waals surface area (Å²) in [5, 5.41) is 8.45. The Kier molecular flexibility index (Phi) is 4.03. The molecule has 1 aromatic carbocycles. The van der Waals surface area contributed by atoms with E-state index in [1.807, 2.05) is 0 Å². The van der Waals surface area contributed by atoms with E-state index in [0.717, 1.165) is 5.57 Å². The molecule has 0 aliphatic rings. The number of halogens is 1. The van der Waals surface area contributed by atoms with E-state index in [0.29, 0.717) is 12.0 Å². The van der Waals surface area contributed by atoms with Crippen molar-refractivity contribution < 1.29 is 14.3 Å². The molecule has 0 aliphatic carbocycles. The largest absolute Gasteiger partial charge is 0.481 e. The van der Waals surface area contributed by atoms with Gasteiger partial charge in [-0.05, 0) is 25.0 Å². The number of hydrogen-bond donors (Lipinski definition) is 1. The lowest BCUT2D eigenvalue weighted by atomic mass is 10.1. The standard InChI is InChI=1S/C12H13FO2/c1-9(5-4-8-12(14)15)10-6-2-3-7-11(10)13/h2-3,5-7H,4,8H2,1H3,(H,14,15)/b9-5+. The molecule has 0 aliphatic heterocycles. The van der Waals surface area contributed by atoms with Gasteiger partial charge < -0.3 is 5.11 Å². The maximum atomic E-state index is 13.3. The van der Waals surface area contributed by atoms with Crippen LogP contribution in [0.1, 0.15) is 25.3 Å². The third-order valence-electron chi connectivity index (χ3n) is 2.11. The Bertz CT molecular complexity index is 383. The van der Waals surface area contributed by atoms with E-state index in [2.05, 4.69) is 0 Å². The Morgan fingerprint density at radius 2 is 2.13 bits per heavy atom. The van der Waals surface area contributed by atoms with Crippen LogP contribution in [0.5, 0.6) is 0 Å². The summed E-state index contributed by atoms with van der Waals surface area (Å²) in [6.07, 6.45) is 2.24. The van der Waals surface area contributed by atoms with Crippen molar-refractivity contribution in [2.24, 2.45) is 0 Å². The third kappa shape index (κ3) is 3.54. The molecule has 0 bridgehead atoms. The zero-order valence-corrected chi connectivity index (χ0v) is 8.53. The van der Waals surface area contributed by atoms with Crippen LogP contribution in [0.25, 0.3) is 5.57 Å². The molecule has 0 heterocycles. The number of allylic oxidation sites excluding steroid dienone is 2. The van der Waals surface area contributed by atoms with Gasteiger partial charge in [0.05, 0.1) is 0 Å². The summed E-state index contributed by atoms with van der Waals surface area (Å²) < 4.78 is 13.3. The smallest absolute Gasteiger partial charge is 0.303 e. The molecule has 2 nitrogen and oxygen atoms in total. The van der Waals surface area contributed by atoms with E-state index in [-0.39, 0.29) is 12.2 Å². The van der Waals surface area contributed by atoms with Gasteiger partial charge in [0.25, 0.3) is 0 Å². The summed E-state index contributed by atoms with van der Waals surface area (Å²) in [7, 11) is 0. The van der Waals surface area contributed by atoms with Gasteiger partial charge in [-0.15, -0.1) is 0 Å². The second kappa shape index (κ2) is 5.29. The zero-order chi connectivity index (χ0) is 11.3. The molecular weight excluding hydrogens is 195 g/mol. The average molecular weight is 208 g/mol. The Balaban J connectivity index is 2.72. The molecule has 0 saturated carbocycles. The molecule has 3 heteroatoms. The van der Waals surface area contributed by atoms with E-state index < -0.39 is 5.97 Å². The number of aliphatic carboxylic acids is 1. The Labute approximate surface area is 88.1 Å². The first-order chi connectivity index (χ1) is 7.11. The number of rotatable bonds is 4. The van der Waals surface area contributed by atoms with Gasteiger partial charge in [0.2, 0.25) is 0 Å². The summed E-state index contributed by atoms with van der Waals surface area (Å²) in [6.45, 7) is 1.78. The summed E-state index contributed by atoms with van der Waals surface area (Å²) in [4.78, 5) is 10.3. The summed E-state index contributed by atoms with van der Waals surface area (Å²) in [5.74, 6) is -1.12. The van der Waals surface area contributed by atoms with E-state index >= 15 is 0 Å². The van der Waals surface area contributed by atoms with Gasteiger partial charge in [0.15, 0.2) is 0 Å². The topological polar surface area (TPSA) is 37.3 Å². The van der Waals surface area contributed by atoms with Crippen molar-refractivity contribution in [2.75, 3.05) is 0 Å². The monoisotopic (exact) mass is 208 g/mol. The van der Waals surface area contributed by atoms with Crippen LogP contribution in [0.4, 0.5) is 4.39 Å². The highest BCUT2D eigenvalue weighted by molar-refractivity contribution is 5.68. The first-order valence-corrected chi connectivity index (χ1v) is 4.74. The summed E-state index contributed by atoms with van der Waals surface area (Å²) >= 11 is 0. The third-order valence-corrected chi connectivity index (χ3v) is 2.11. The van der Waals surface area contributed by atoms with Crippen LogP contribution in [0.3, 0.4) is 0 Å². The first-order valence-electron chi connectivity index (χ1n) is 4.74. The molecule has 0 radical (unpaired) electrons. The van der Waals surface area contributed by atoms with Crippen molar-refractivity contribution >= 4 is 11.5 Å². The van der Waals surface area contributed by atoms with E-state index in [1.54, 1.807) is 31.2 Å². The molecule has 0 spiro atoms. The van der Waals surface area contributed by atoms with E-state index in [4.69, 9.17) is 5.11 Å². The van der Waals surface area contributed by atoms with E-state index in [9.17, 15) is 9.18 Å². The second-order valence-corrected chi connectivity index (χ2v) is 3.30. The van der Waals surface area contributed by atoms with Crippen molar-refractivity contribution in [3.63, 3.8) is 0 Å². The Morgan fingerprint density at radius 1 is 1.47 bits per heavy atom. The fourth-order valence-corrected chi connectivity index (χ4v) is 1.30. The molecule has 80 valence electrons. The van der Waals surface area contributed by atoms with E-state index in [1.165, 1.54) is 6.07 Å². The van der Waals surface area contributed by atoms with Gasteiger partial charge in [-0.3, -0.25) is 4.79 Å². The van der Waals surface area contributed by atoms with Crippen molar-refractivity contribution in [1.29, 1.82) is 0 Å². The predicted molar refractivity (Wildman–Crippen MR) is 56.9 cm³/mol. The average Bonchev–Trinajstić information content (AvgIpc) is 2.17. The molecule has 0 aromatic heterocycles. The van der Waals surface area contributed by atoms with Gasteiger partial charge in [0, 0.05) is 12.0 Å². The number of carbonyl (C=O) groups is 1. The lowest BCUT2D eigenvalue weighted by Crippen LogP contribution is -1.92. The van der Waals surface area contributed by atoms with Crippen LogP contribution in [0.15, 0.2) is 30.3 Å². The number of carboxylic acid groups (broad SMARTS) is 1. The highest BCUT2D eigenvalue weighted by atomic mass is 19.1. The van der Waals surface area contributed by atoms with Crippen LogP contribution in [-0.2, 0) is 4.79 Å². The molecule has 1 rings (SSSR count). The lowest BCUT2D eigenvalue weighted by molar-refractivity contribution is -0.136. The minimum Gasteiger partial charge on any atom is -0.481 e. The van der Waals surface area contributed by atoms with Gasteiger partial charge in [-0.25, -0.2) is 4.39 Å². The molecule has 1 N–H and O–H groups in total. The van der Waals surface area contributed by atoms with Gasteiger partial charge >= 0.3 is 5.97 Å². The highest BCUT2D eigenvalue weighted by Crippen LogP contribution is 2.17. The quantitative estimate of drug-likeness (QED) is 0.825. The minimum absolute atomic E-state index is 0.0752. The minimum atomic E-state index is -0.840. The van der Waals surface area contributed by atoms with Gasteiger partial charge in [0.1, 0.15) is 5.82 Å². The molecular formula is C12H13FO2. The molecule has 1 aromatic rings. The van der Waals surface area contributed by atoms with Crippen molar-refractivity contribution in [2.45, 2.75) is 19.8 Å². The van der Waals surface area contributed by atoms with Crippen LogP contribution in [-0.4, -0.2) is 11.1 Å². The Morgan fingerprint density at radius 3 is 2.73 bits per heavy atom. The molecule has 0 unspecified atom stereocenters. The molecule has 0 fully saturated rings. The first kappa shape index (κ1) is 11.4. The molecule has 0 amide bonds. The number of benzene rings is 1. The fraction of sp³-hybridized carbons (Fsp3) is 0.250. The Hall–Kier alpha value is -1.64.